The van der Waals surface area contributed by atoms with E-state index in [-0.39, 0.29) is 17.8 Å². The lowest BCUT2D eigenvalue weighted by molar-refractivity contribution is -0.139. The fraction of sp³-hybridized carbons (Fsp3) is 0.261. The molecule has 1 amide bonds. The number of carbonyl (C=O) groups is 2. The number of amidine groups is 1. The first-order valence-electron chi connectivity index (χ1n) is 9.78. The summed E-state index contributed by atoms with van der Waals surface area (Å²) in [6.07, 6.45) is 0. The van der Waals surface area contributed by atoms with Gasteiger partial charge < -0.3 is 9.47 Å². The highest BCUT2D eigenvalue weighted by Crippen LogP contribution is 2.44. The molecule has 2 aromatic rings. The Balaban J connectivity index is 1.77. The number of hydrogen-bond donors (Lipinski definition) is 0. The van der Waals surface area contributed by atoms with Crippen LogP contribution in [0.3, 0.4) is 0 Å². The van der Waals surface area contributed by atoms with E-state index in [0.29, 0.717) is 27.9 Å². The van der Waals surface area contributed by atoms with Gasteiger partial charge >= 0.3 is 5.97 Å². The van der Waals surface area contributed by atoms with Crippen molar-refractivity contribution >= 4 is 28.8 Å². The van der Waals surface area contributed by atoms with E-state index in [2.05, 4.69) is 4.99 Å². The monoisotopic (exact) mass is 422 g/mol. The molecule has 2 aliphatic heterocycles. The number of fused-ring (bicyclic) bond motifs is 1. The van der Waals surface area contributed by atoms with Crippen LogP contribution >= 0.6 is 11.8 Å². The molecule has 30 heavy (non-hydrogen) atoms. The van der Waals surface area contributed by atoms with E-state index in [4.69, 9.17) is 9.47 Å². The highest BCUT2D eigenvalue weighted by molar-refractivity contribution is 8.15. The van der Waals surface area contributed by atoms with Gasteiger partial charge in [0.05, 0.1) is 29.2 Å². The van der Waals surface area contributed by atoms with Crippen LogP contribution < -0.4 is 4.74 Å². The summed E-state index contributed by atoms with van der Waals surface area (Å²) in [6.45, 7) is 5.63. The zero-order chi connectivity index (χ0) is 21.3. The van der Waals surface area contributed by atoms with Crippen molar-refractivity contribution in [2.45, 2.75) is 32.1 Å². The van der Waals surface area contributed by atoms with E-state index in [9.17, 15) is 9.59 Å². The van der Waals surface area contributed by atoms with Crippen LogP contribution in [0.2, 0.25) is 0 Å². The Morgan fingerprint density at radius 1 is 1.13 bits per heavy atom. The molecule has 2 atom stereocenters. The highest BCUT2D eigenvalue weighted by atomic mass is 32.2. The predicted octanol–water partition coefficient (Wildman–Crippen LogP) is 4.69. The minimum atomic E-state index is -0.610. The van der Waals surface area contributed by atoms with Gasteiger partial charge in [-0.2, -0.15) is 0 Å². The normalized spacial score (nSPS) is 20.7. The van der Waals surface area contributed by atoms with Gasteiger partial charge in [0.2, 0.25) is 5.91 Å². The molecule has 7 heteroatoms. The summed E-state index contributed by atoms with van der Waals surface area (Å²) >= 11 is 1.40. The Kier molecular flexibility index (Phi) is 5.63. The first-order chi connectivity index (χ1) is 14.5. The van der Waals surface area contributed by atoms with Crippen LogP contribution in [0.25, 0.3) is 0 Å². The number of carbonyl (C=O) groups excluding carboxylic acids is 2. The van der Waals surface area contributed by atoms with Crippen molar-refractivity contribution in [3.63, 3.8) is 0 Å². The van der Waals surface area contributed by atoms with Crippen molar-refractivity contribution in [2.24, 2.45) is 4.99 Å². The average molecular weight is 423 g/mol. The van der Waals surface area contributed by atoms with Crippen molar-refractivity contribution in [3.8, 4) is 11.5 Å². The number of para-hydroxylation sites is 1. The summed E-state index contributed by atoms with van der Waals surface area (Å²) < 4.78 is 11.3. The Hall–Kier alpha value is -3.06. The number of rotatable bonds is 5. The number of amides is 1. The van der Waals surface area contributed by atoms with Crippen LogP contribution in [-0.2, 0) is 14.3 Å². The highest BCUT2D eigenvalue weighted by Gasteiger charge is 2.46. The van der Waals surface area contributed by atoms with Crippen molar-refractivity contribution in [1.29, 1.82) is 0 Å². The molecule has 154 valence electrons. The summed E-state index contributed by atoms with van der Waals surface area (Å²) in [7, 11) is 0. The number of aliphatic imine (C=N–C) groups is 1. The predicted molar refractivity (Wildman–Crippen MR) is 116 cm³/mol. The fourth-order valence-corrected chi connectivity index (χ4v) is 4.59. The molecule has 6 nitrogen and oxygen atoms in total. The molecule has 0 N–H and O–H groups in total. The lowest BCUT2D eigenvalue weighted by Crippen LogP contribution is -2.40. The van der Waals surface area contributed by atoms with Crippen molar-refractivity contribution in [2.75, 3.05) is 6.61 Å². The third-order valence-electron chi connectivity index (χ3n) is 4.91. The van der Waals surface area contributed by atoms with Gasteiger partial charge in [-0.3, -0.25) is 9.69 Å². The second-order valence-corrected chi connectivity index (χ2v) is 8.28. The van der Waals surface area contributed by atoms with Crippen LogP contribution in [0.1, 0.15) is 32.4 Å². The van der Waals surface area contributed by atoms with Gasteiger partial charge in [-0.15, -0.1) is 0 Å². The Labute approximate surface area is 179 Å². The number of hydrogen-bond acceptors (Lipinski definition) is 6. The summed E-state index contributed by atoms with van der Waals surface area (Å²) in [5.41, 5.74) is 1.70. The maximum absolute atomic E-state index is 13.0. The zero-order valence-electron chi connectivity index (χ0n) is 17.0. The molecular weight excluding hydrogens is 400 g/mol. The van der Waals surface area contributed by atoms with Gasteiger partial charge in [-0.25, -0.2) is 9.79 Å². The average Bonchev–Trinajstić information content (AvgIpc) is 3.01. The maximum Gasteiger partial charge on any atom is 0.338 e. The zero-order valence-corrected chi connectivity index (χ0v) is 17.8. The van der Waals surface area contributed by atoms with Crippen molar-refractivity contribution in [1.82, 2.24) is 4.90 Å². The van der Waals surface area contributed by atoms with Gasteiger partial charge in [0.15, 0.2) is 5.17 Å². The van der Waals surface area contributed by atoms with Crippen LogP contribution in [0, 0.1) is 0 Å². The lowest BCUT2D eigenvalue weighted by atomic mass is 9.94. The number of benzene rings is 2. The lowest BCUT2D eigenvalue weighted by Gasteiger charge is -2.33. The van der Waals surface area contributed by atoms with E-state index in [0.717, 1.165) is 5.56 Å². The molecule has 4 rings (SSSR count). The molecule has 2 aliphatic rings. The fourth-order valence-electron chi connectivity index (χ4n) is 3.56. The number of esters is 1. The Morgan fingerprint density at radius 2 is 1.87 bits per heavy atom. The van der Waals surface area contributed by atoms with E-state index >= 15 is 0 Å². The number of thioether (sulfide) groups is 1. The van der Waals surface area contributed by atoms with E-state index in [1.165, 1.54) is 11.8 Å². The summed E-state index contributed by atoms with van der Waals surface area (Å²) in [6, 6.07) is 16.3. The first-order valence-corrected chi connectivity index (χ1v) is 10.7. The molecule has 0 radical (unpaired) electrons. The van der Waals surface area contributed by atoms with Crippen LogP contribution in [0.15, 0.2) is 70.9 Å². The van der Waals surface area contributed by atoms with Gasteiger partial charge in [-0.1, -0.05) is 42.1 Å². The van der Waals surface area contributed by atoms with E-state index in [1.54, 1.807) is 18.7 Å². The van der Waals surface area contributed by atoms with Gasteiger partial charge in [0.1, 0.15) is 11.5 Å². The van der Waals surface area contributed by atoms with E-state index in [1.807, 2.05) is 61.5 Å². The molecule has 0 aromatic heterocycles. The van der Waals surface area contributed by atoms with E-state index < -0.39 is 12.0 Å². The molecule has 0 aliphatic carbocycles. The molecule has 2 aromatic carbocycles. The van der Waals surface area contributed by atoms with Crippen molar-refractivity contribution < 1.29 is 19.1 Å². The molecule has 0 bridgehead atoms. The van der Waals surface area contributed by atoms with Gasteiger partial charge in [0.25, 0.3) is 0 Å². The molecule has 0 spiro atoms. The molecule has 1 saturated heterocycles. The molecule has 0 saturated carbocycles. The summed E-state index contributed by atoms with van der Waals surface area (Å²) in [4.78, 5) is 31.9. The standard InChI is InChI=1S/C23H22N2O4S/c1-4-28-22(27)19-14(2)24-23-25(21(26)15(3)30-23)20(19)16-9-8-12-18(13-16)29-17-10-6-5-7-11-17/h5-13,15,20H,4H2,1-3H3. The third-order valence-corrected chi connectivity index (χ3v) is 5.96. The topological polar surface area (TPSA) is 68.2 Å². The third kappa shape index (κ3) is 3.73. The van der Waals surface area contributed by atoms with Crippen LogP contribution in [0.4, 0.5) is 0 Å². The smallest absolute Gasteiger partial charge is 0.338 e. The number of allylic oxidation sites excluding steroid dienone is 1. The maximum atomic E-state index is 13.0. The molecule has 2 heterocycles. The Bertz CT molecular complexity index is 1050. The number of ether oxygens (including phenoxy) is 2. The van der Waals surface area contributed by atoms with Gasteiger partial charge in [0, 0.05) is 0 Å². The quantitative estimate of drug-likeness (QED) is 0.654. The van der Waals surface area contributed by atoms with Crippen LogP contribution in [-0.4, -0.2) is 33.8 Å². The number of nitrogens with zero attached hydrogens (tertiary/aromatic N) is 2. The largest absolute Gasteiger partial charge is 0.463 e. The summed E-state index contributed by atoms with van der Waals surface area (Å²) in [5.74, 6) is 0.789. The second kappa shape index (κ2) is 8.36. The summed E-state index contributed by atoms with van der Waals surface area (Å²) in [5, 5.41) is 0.349. The van der Waals surface area contributed by atoms with Crippen molar-refractivity contribution in [3.05, 3.63) is 71.4 Å². The SMILES string of the molecule is CCOC(=O)C1=C(C)N=C2SC(C)C(=O)N2C1c1cccc(Oc2ccccc2)c1. The molecule has 1 fully saturated rings. The second-order valence-electron chi connectivity index (χ2n) is 6.97. The van der Waals surface area contributed by atoms with Gasteiger partial charge in [-0.05, 0) is 50.6 Å². The molecular formula is C23H22N2O4S. The Morgan fingerprint density at radius 3 is 2.60 bits per heavy atom. The minimum absolute atomic E-state index is 0.0765. The molecule has 2 unspecified atom stereocenters. The minimum Gasteiger partial charge on any atom is -0.463 e. The van der Waals surface area contributed by atoms with Crippen LogP contribution in [0.5, 0.6) is 11.5 Å². The first kappa shape index (κ1) is 20.2.